The van der Waals surface area contributed by atoms with E-state index in [0.29, 0.717) is 30.5 Å². The first-order valence-electron chi connectivity index (χ1n) is 9.05. The highest BCUT2D eigenvalue weighted by atomic mass is 127. The Morgan fingerprint density at radius 3 is 2.64 bits per heavy atom. The van der Waals surface area contributed by atoms with Crippen LogP contribution in [0.1, 0.15) is 17.4 Å². The number of guanidine groups is 1. The van der Waals surface area contributed by atoms with Gasteiger partial charge in [-0.15, -0.1) is 35.3 Å². The maximum Gasteiger partial charge on any atom is 0.224 e. The summed E-state index contributed by atoms with van der Waals surface area (Å²) in [4.78, 5) is 17.5. The Morgan fingerprint density at radius 1 is 1.18 bits per heavy atom. The van der Waals surface area contributed by atoms with E-state index >= 15 is 0 Å². The predicted molar refractivity (Wildman–Crippen MR) is 125 cm³/mol. The van der Waals surface area contributed by atoms with Crippen LogP contribution in [-0.2, 0) is 17.6 Å². The van der Waals surface area contributed by atoms with E-state index in [9.17, 15) is 9.18 Å². The van der Waals surface area contributed by atoms with Crippen molar-refractivity contribution in [1.82, 2.24) is 16.0 Å². The molecule has 5 nitrogen and oxygen atoms in total. The second kappa shape index (κ2) is 13.5. The summed E-state index contributed by atoms with van der Waals surface area (Å²) in [6, 6.07) is 10.3. The molecule has 2 rings (SSSR count). The van der Waals surface area contributed by atoms with E-state index in [1.807, 2.05) is 0 Å². The third-order valence-corrected chi connectivity index (χ3v) is 4.86. The fraction of sp³-hybridized carbons (Fsp3) is 0.400. The minimum atomic E-state index is -0.329. The lowest BCUT2D eigenvalue weighted by molar-refractivity contribution is -0.120. The number of halogens is 2. The number of rotatable bonds is 9. The SMILES string of the molecule is CN=C(NCCNC(=O)Cc1cccc(F)c1)NCC(C)Cc1cccs1.I. The molecule has 1 unspecified atom stereocenters. The number of thiophene rings is 1. The molecule has 1 aromatic carbocycles. The maximum atomic E-state index is 13.1. The van der Waals surface area contributed by atoms with Crippen LogP contribution in [0.25, 0.3) is 0 Å². The van der Waals surface area contributed by atoms with Crippen LogP contribution < -0.4 is 16.0 Å². The minimum Gasteiger partial charge on any atom is -0.356 e. The van der Waals surface area contributed by atoms with Crippen LogP contribution in [0, 0.1) is 11.7 Å². The molecule has 0 saturated carbocycles. The molecule has 1 atom stereocenters. The number of amides is 1. The van der Waals surface area contributed by atoms with Crippen molar-refractivity contribution in [3.05, 3.63) is 58.0 Å². The minimum absolute atomic E-state index is 0. The maximum absolute atomic E-state index is 13.1. The van der Waals surface area contributed by atoms with Crippen LogP contribution in [-0.4, -0.2) is 38.5 Å². The first-order valence-corrected chi connectivity index (χ1v) is 9.93. The normalized spacial score (nSPS) is 12.0. The molecule has 8 heteroatoms. The Hall–Kier alpha value is -1.68. The molecule has 0 aliphatic carbocycles. The Kier molecular flexibility index (Phi) is 11.7. The van der Waals surface area contributed by atoms with E-state index < -0.39 is 0 Å². The Morgan fingerprint density at radius 2 is 1.96 bits per heavy atom. The van der Waals surface area contributed by atoms with E-state index in [0.717, 1.165) is 13.0 Å². The average Bonchev–Trinajstić information content (AvgIpc) is 3.14. The molecule has 28 heavy (non-hydrogen) atoms. The Labute approximate surface area is 187 Å². The summed E-state index contributed by atoms with van der Waals surface area (Å²) in [6.07, 6.45) is 1.21. The molecule has 0 saturated heterocycles. The standard InChI is InChI=1S/C20H27FN4OS.HI/c1-15(11-18-7-4-10-27-18)14-25-20(22-2)24-9-8-23-19(26)13-16-5-3-6-17(21)12-16;/h3-7,10,12,15H,8-9,11,13-14H2,1-2H3,(H,23,26)(H2,22,24,25);1H. The van der Waals surface area contributed by atoms with Crippen molar-refractivity contribution in [2.45, 2.75) is 19.8 Å². The van der Waals surface area contributed by atoms with Gasteiger partial charge in [-0.05, 0) is 41.5 Å². The Balaban J connectivity index is 0.00000392. The van der Waals surface area contributed by atoms with Gasteiger partial charge < -0.3 is 16.0 Å². The quantitative estimate of drug-likeness (QED) is 0.207. The number of nitrogens with one attached hydrogen (secondary N) is 3. The van der Waals surface area contributed by atoms with Crippen molar-refractivity contribution in [1.29, 1.82) is 0 Å². The van der Waals surface area contributed by atoms with Crippen LogP contribution in [0.2, 0.25) is 0 Å². The highest BCUT2D eigenvalue weighted by molar-refractivity contribution is 14.0. The number of hydrogen-bond acceptors (Lipinski definition) is 3. The smallest absolute Gasteiger partial charge is 0.224 e. The molecule has 0 spiro atoms. The van der Waals surface area contributed by atoms with Crippen LogP contribution in [0.3, 0.4) is 0 Å². The van der Waals surface area contributed by atoms with Crippen LogP contribution in [0.5, 0.6) is 0 Å². The van der Waals surface area contributed by atoms with Crippen molar-refractivity contribution >= 4 is 47.2 Å². The molecule has 154 valence electrons. The summed E-state index contributed by atoms with van der Waals surface area (Å²) in [5.74, 6) is 0.751. The second-order valence-electron chi connectivity index (χ2n) is 6.43. The zero-order valence-electron chi connectivity index (χ0n) is 16.2. The molecule has 0 fully saturated rings. The topological polar surface area (TPSA) is 65.5 Å². The highest BCUT2D eigenvalue weighted by Crippen LogP contribution is 2.13. The molecule has 1 amide bonds. The predicted octanol–water partition coefficient (Wildman–Crippen LogP) is 3.21. The highest BCUT2D eigenvalue weighted by Gasteiger charge is 2.07. The first kappa shape index (κ1) is 24.4. The molecule has 0 aliphatic rings. The van der Waals surface area contributed by atoms with Crippen LogP contribution in [0.15, 0.2) is 46.8 Å². The number of carbonyl (C=O) groups is 1. The van der Waals surface area contributed by atoms with Gasteiger partial charge in [-0.25, -0.2) is 4.39 Å². The van der Waals surface area contributed by atoms with Crippen LogP contribution in [0.4, 0.5) is 4.39 Å². The molecule has 2 aromatic rings. The monoisotopic (exact) mass is 518 g/mol. The summed E-state index contributed by atoms with van der Waals surface area (Å²) in [5.41, 5.74) is 0.665. The van der Waals surface area contributed by atoms with Crippen molar-refractivity contribution in [3.63, 3.8) is 0 Å². The zero-order valence-corrected chi connectivity index (χ0v) is 19.4. The number of hydrogen-bond donors (Lipinski definition) is 3. The van der Waals surface area contributed by atoms with Gasteiger partial charge >= 0.3 is 0 Å². The van der Waals surface area contributed by atoms with Crippen LogP contribution >= 0.6 is 35.3 Å². The molecule has 0 aliphatic heterocycles. The van der Waals surface area contributed by atoms with Gasteiger partial charge in [-0.2, -0.15) is 0 Å². The van der Waals surface area contributed by atoms with Gasteiger partial charge in [-0.1, -0.05) is 25.1 Å². The molecule has 0 bridgehead atoms. The third kappa shape index (κ3) is 9.50. The lowest BCUT2D eigenvalue weighted by atomic mass is 10.1. The van der Waals surface area contributed by atoms with Gasteiger partial charge in [-0.3, -0.25) is 9.79 Å². The fourth-order valence-corrected chi connectivity index (χ4v) is 3.48. The summed E-state index contributed by atoms with van der Waals surface area (Å²) in [5, 5.41) is 11.4. The number of nitrogens with zero attached hydrogens (tertiary/aromatic N) is 1. The van der Waals surface area contributed by atoms with Gasteiger partial charge in [0.2, 0.25) is 5.91 Å². The molecular formula is C20H28FIN4OS. The molecular weight excluding hydrogens is 490 g/mol. The van der Waals surface area contributed by atoms with E-state index in [-0.39, 0.29) is 42.1 Å². The van der Waals surface area contributed by atoms with Crippen molar-refractivity contribution in [2.75, 3.05) is 26.7 Å². The van der Waals surface area contributed by atoms with Crippen molar-refractivity contribution in [3.8, 4) is 0 Å². The summed E-state index contributed by atoms with van der Waals surface area (Å²) in [6.45, 7) is 4.06. The number of benzene rings is 1. The summed E-state index contributed by atoms with van der Waals surface area (Å²) < 4.78 is 13.1. The lowest BCUT2D eigenvalue weighted by Crippen LogP contribution is -2.43. The average molecular weight is 518 g/mol. The van der Waals surface area contributed by atoms with E-state index in [1.54, 1.807) is 30.5 Å². The molecule has 1 heterocycles. The van der Waals surface area contributed by atoms with E-state index in [2.05, 4.69) is 45.4 Å². The van der Waals surface area contributed by atoms with Gasteiger partial charge in [0.25, 0.3) is 0 Å². The number of aliphatic imine (C=N–C) groups is 1. The largest absolute Gasteiger partial charge is 0.356 e. The first-order chi connectivity index (χ1) is 13.1. The third-order valence-electron chi connectivity index (χ3n) is 3.96. The molecule has 1 aromatic heterocycles. The van der Waals surface area contributed by atoms with E-state index in [1.165, 1.54) is 17.0 Å². The van der Waals surface area contributed by atoms with Gasteiger partial charge in [0.1, 0.15) is 5.82 Å². The summed E-state index contributed by atoms with van der Waals surface area (Å²) >= 11 is 1.78. The lowest BCUT2D eigenvalue weighted by Gasteiger charge is -2.16. The van der Waals surface area contributed by atoms with Crippen molar-refractivity contribution in [2.24, 2.45) is 10.9 Å². The fourth-order valence-electron chi connectivity index (χ4n) is 2.61. The molecule has 0 radical (unpaired) electrons. The number of carbonyl (C=O) groups excluding carboxylic acids is 1. The second-order valence-corrected chi connectivity index (χ2v) is 7.46. The van der Waals surface area contributed by atoms with Gasteiger partial charge in [0, 0.05) is 31.6 Å². The Bertz CT molecular complexity index is 740. The van der Waals surface area contributed by atoms with Gasteiger partial charge in [0.15, 0.2) is 5.96 Å². The summed E-state index contributed by atoms with van der Waals surface area (Å²) in [7, 11) is 1.72. The van der Waals surface area contributed by atoms with Gasteiger partial charge in [0.05, 0.1) is 6.42 Å². The molecule has 3 N–H and O–H groups in total. The zero-order chi connectivity index (χ0) is 19.5. The van der Waals surface area contributed by atoms with Crippen molar-refractivity contribution < 1.29 is 9.18 Å². The van der Waals surface area contributed by atoms with E-state index in [4.69, 9.17) is 0 Å².